The molecule has 0 spiro atoms. The van der Waals surface area contributed by atoms with Crippen LogP contribution in [0, 0.1) is 5.92 Å². The minimum absolute atomic E-state index is 0.610. The van der Waals surface area contributed by atoms with Crippen molar-refractivity contribution in [3.8, 4) is 0 Å². The quantitative estimate of drug-likeness (QED) is 0.753. The second-order valence-corrected chi connectivity index (χ2v) is 3.50. The summed E-state index contributed by atoms with van der Waals surface area (Å²) in [5, 5.41) is 0. The van der Waals surface area contributed by atoms with Gasteiger partial charge in [-0.2, -0.15) is 0 Å². The smallest absolute Gasteiger partial charge is 0.200 e. The van der Waals surface area contributed by atoms with Crippen LogP contribution in [0.5, 0.6) is 0 Å². The zero-order valence-corrected chi connectivity index (χ0v) is 7.65. The summed E-state index contributed by atoms with van der Waals surface area (Å²) in [6, 6.07) is 0. The lowest BCUT2D eigenvalue weighted by Gasteiger charge is -2.08. The van der Waals surface area contributed by atoms with Crippen molar-refractivity contribution < 1.29 is 4.74 Å². The maximum atomic E-state index is 5.65. The fourth-order valence-electron chi connectivity index (χ4n) is 1.66. The van der Waals surface area contributed by atoms with Gasteiger partial charge in [-0.3, -0.25) is 0 Å². The number of ether oxygens (including phenoxy) is 1. The molecule has 1 unspecified atom stereocenters. The van der Waals surface area contributed by atoms with E-state index in [-0.39, 0.29) is 0 Å². The van der Waals surface area contributed by atoms with Crippen LogP contribution in [0.2, 0.25) is 0 Å². The maximum absolute atomic E-state index is 5.65. The molecule has 0 amide bonds. The molecule has 2 rings (SSSR count). The van der Waals surface area contributed by atoms with Gasteiger partial charge in [-0.25, -0.2) is 4.98 Å². The predicted octanol–water partition coefficient (Wildman–Crippen LogP) is 0.892. The average molecular weight is 181 g/mol. The Morgan fingerprint density at radius 3 is 3.23 bits per heavy atom. The first-order valence-electron chi connectivity index (χ1n) is 4.70. The first-order chi connectivity index (χ1) is 6.36. The number of imidazole rings is 1. The van der Waals surface area contributed by atoms with Crippen molar-refractivity contribution in [1.29, 1.82) is 0 Å². The monoisotopic (exact) mass is 181 g/mol. The van der Waals surface area contributed by atoms with E-state index < -0.39 is 0 Å². The first-order valence-corrected chi connectivity index (χ1v) is 4.70. The van der Waals surface area contributed by atoms with Crippen LogP contribution in [-0.2, 0) is 11.3 Å². The van der Waals surface area contributed by atoms with Crippen LogP contribution in [0.15, 0.2) is 12.4 Å². The van der Waals surface area contributed by atoms with Gasteiger partial charge < -0.3 is 15.0 Å². The second-order valence-electron chi connectivity index (χ2n) is 3.50. The Bertz CT molecular complexity index is 266. The fraction of sp³-hybridized carbons (Fsp3) is 0.667. The van der Waals surface area contributed by atoms with E-state index in [4.69, 9.17) is 10.5 Å². The highest BCUT2D eigenvalue weighted by Gasteiger charge is 2.15. The average Bonchev–Trinajstić information content (AvgIpc) is 2.72. The van der Waals surface area contributed by atoms with Crippen molar-refractivity contribution >= 4 is 5.95 Å². The lowest BCUT2D eigenvalue weighted by Crippen LogP contribution is -2.08. The van der Waals surface area contributed by atoms with Gasteiger partial charge in [0.15, 0.2) is 5.95 Å². The maximum Gasteiger partial charge on any atom is 0.200 e. The lowest BCUT2D eigenvalue weighted by molar-refractivity contribution is 0.183. The topological polar surface area (TPSA) is 53.1 Å². The molecule has 1 saturated heterocycles. The van der Waals surface area contributed by atoms with Gasteiger partial charge in [-0.05, 0) is 18.8 Å². The number of hydrogen-bond acceptors (Lipinski definition) is 3. The zero-order valence-electron chi connectivity index (χ0n) is 7.65. The van der Waals surface area contributed by atoms with E-state index in [1.807, 2.05) is 10.8 Å². The van der Waals surface area contributed by atoms with Crippen molar-refractivity contribution in [2.24, 2.45) is 5.92 Å². The van der Waals surface area contributed by atoms with E-state index in [1.165, 1.54) is 6.42 Å². The van der Waals surface area contributed by atoms with E-state index in [9.17, 15) is 0 Å². The van der Waals surface area contributed by atoms with E-state index in [2.05, 4.69) is 4.98 Å². The summed E-state index contributed by atoms with van der Waals surface area (Å²) in [4.78, 5) is 3.97. The molecule has 1 aromatic rings. The Balaban J connectivity index is 1.82. The third kappa shape index (κ3) is 2.01. The molecule has 72 valence electrons. The molecule has 1 aromatic heterocycles. The Hall–Kier alpha value is -1.03. The number of aromatic nitrogens is 2. The third-order valence-electron chi connectivity index (χ3n) is 2.55. The standard InChI is InChI=1S/C9H15N3O/c10-9-11-3-5-12(9)4-1-8-2-6-13-7-8/h3,5,8H,1-2,4,6-7H2,(H2,10,11). The van der Waals surface area contributed by atoms with Crippen molar-refractivity contribution in [2.45, 2.75) is 19.4 Å². The van der Waals surface area contributed by atoms with Crippen LogP contribution in [0.4, 0.5) is 5.95 Å². The highest BCUT2D eigenvalue weighted by molar-refractivity contribution is 5.16. The van der Waals surface area contributed by atoms with Crippen LogP contribution in [-0.4, -0.2) is 22.8 Å². The summed E-state index contributed by atoms with van der Waals surface area (Å²) in [5.74, 6) is 1.32. The van der Waals surface area contributed by atoms with E-state index in [0.29, 0.717) is 11.9 Å². The van der Waals surface area contributed by atoms with Crippen molar-refractivity contribution in [2.75, 3.05) is 18.9 Å². The molecule has 1 aliphatic rings. The Morgan fingerprint density at radius 2 is 2.62 bits per heavy atom. The minimum atomic E-state index is 0.610. The predicted molar refractivity (Wildman–Crippen MR) is 50.2 cm³/mol. The fourth-order valence-corrected chi connectivity index (χ4v) is 1.66. The molecule has 0 saturated carbocycles. The Kier molecular flexibility index (Phi) is 2.49. The number of aryl methyl sites for hydroxylation is 1. The second kappa shape index (κ2) is 3.79. The highest BCUT2D eigenvalue weighted by Crippen LogP contribution is 2.17. The summed E-state index contributed by atoms with van der Waals surface area (Å²) in [6.45, 7) is 2.79. The number of nitrogens with two attached hydrogens (primary N) is 1. The molecule has 1 atom stereocenters. The van der Waals surface area contributed by atoms with Gasteiger partial charge in [-0.1, -0.05) is 0 Å². The van der Waals surface area contributed by atoms with Gasteiger partial charge in [0.25, 0.3) is 0 Å². The minimum Gasteiger partial charge on any atom is -0.381 e. The van der Waals surface area contributed by atoms with E-state index in [1.54, 1.807) is 6.20 Å². The molecule has 4 nitrogen and oxygen atoms in total. The number of nitrogen functional groups attached to an aromatic ring is 1. The molecule has 2 heterocycles. The van der Waals surface area contributed by atoms with Crippen molar-refractivity contribution in [1.82, 2.24) is 9.55 Å². The summed E-state index contributed by atoms with van der Waals surface area (Å²) < 4.78 is 7.29. The zero-order chi connectivity index (χ0) is 9.10. The Morgan fingerprint density at radius 1 is 1.69 bits per heavy atom. The van der Waals surface area contributed by atoms with Crippen molar-refractivity contribution in [3.63, 3.8) is 0 Å². The van der Waals surface area contributed by atoms with Crippen LogP contribution in [0.1, 0.15) is 12.8 Å². The number of nitrogens with zero attached hydrogens (tertiary/aromatic N) is 2. The van der Waals surface area contributed by atoms with Gasteiger partial charge in [0.05, 0.1) is 0 Å². The molecule has 4 heteroatoms. The molecule has 1 aliphatic heterocycles. The molecule has 2 N–H and O–H groups in total. The van der Waals surface area contributed by atoms with Gasteiger partial charge in [0, 0.05) is 32.2 Å². The molecular weight excluding hydrogens is 166 g/mol. The summed E-state index contributed by atoms with van der Waals surface area (Å²) in [7, 11) is 0. The van der Waals surface area contributed by atoms with E-state index in [0.717, 1.165) is 26.2 Å². The van der Waals surface area contributed by atoms with Crippen LogP contribution < -0.4 is 5.73 Å². The normalized spacial score (nSPS) is 22.3. The molecule has 1 fully saturated rings. The highest BCUT2D eigenvalue weighted by atomic mass is 16.5. The molecule has 0 bridgehead atoms. The number of anilines is 1. The van der Waals surface area contributed by atoms with Gasteiger partial charge in [0.2, 0.25) is 0 Å². The Labute approximate surface area is 77.7 Å². The third-order valence-corrected chi connectivity index (χ3v) is 2.55. The van der Waals surface area contributed by atoms with Gasteiger partial charge in [0.1, 0.15) is 0 Å². The van der Waals surface area contributed by atoms with Crippen molar-refractivity contribution in [3.05, 3.63) is 12.4 Å². The molecule has 13 heavy (non-hydrogen) atoms. The molecule has 0 radical (unpaired) electrons. The molecule has 0 aromatic carbocycles. The lowest BCUT2D eigenvalue weighted by atomic mass is 10.1. The van der Waals surface area contributed by atoms with Crippen LogP contribution in [0.3, 0.4) is 0 Å². The molecular formula is C9H15N3O. The first kappa shape index (κ1) is 8.56. The molecule has 0 aliphatic carbocycles. The summed E-state index contributed by atoms with van der Waals surface area (Å²) in [5.41, 5.74) is 5.65. The summed E-state index contributed by atoms with van der Waals surface area (Å²) >= 11 is 0. The largest absolute Gasteiger partial charge is 0.381 e. The SMILES string of the molecule is Nc1nccn1CCC1CCOC1. The summed E-state index contributed by atoms with van der Waals surface area (Å²) in [6.07, 6.45) is 5.99. The number of hydrogen-bond donors (Lipinski definition) is 1. The van der Waals surface area contributed by atoms with Gasteiger partial charge >= 0.3 is 0 Å². The van der Waals surface area contributed by atoms with Crippen LogP contribution >= 0.6 is 0 Å². The van der Waals surface area contributed by atoms with Gasteiger partial charge in [-0.15, -0.1) is 0 Å². The van der Waals surface area contributed by atoms with E-state index >= 15 is 0 Å². The number of rotatable bonds is 3. The van der Waals surface area contributed by atoms with Crippen LogP contribution in [0.25, 0.3) is 0 Å².